The van der Waals surface area contributed by atoms with Gasteiger partial charge in [-0.3, -0.25) is 10.2 Å². The molecule has 9 heteroatoms. The Bertz CT molecular complexity index is 1090. The number of hydrazine groups is 1. The number of hydrogen-bond acceptors (Lipinski definition) is 6. The molecule has 168 valence electrons. The second-order valence-electron chi connectivity index (χ2n) is 9.08. The minimum atomic E-state index is -3.95. The van der Waals surface area contributed by atoms with Crippen LogP contribution >= 0.6 is 11.3 Å². The summed E-state index contributed by atoms with van der Waals surface area (Å²) >= 11 is 1.44. The number of amides is 1. The summed E-state index contributed by atoms with van der Waals surface area (Å²) in [5, 5.41) is 0. The maximum atomic E-state index is 12.7. The lowest BCUT2D eigenvalue weighted by molar-refractivity contribution is 0.0949. The first kappa shape index (κ1) is 22.1. The van der Waals surface area contributed by atoms with Gasteiger partial charge in [0.05, 0.1) is 23.0 Å². The van der Waals surface area contributed by atoms with Crippen LogP contribution in [0.3, 0.4) is 0 Å². The third-order valence-electron chi connectivity index (χ3n) is 5.86. The summed E-state index contributed by atoms with van der Waals surface area (Å²) in [5.41, 5.74) is 3.77. The van der Waals surface area contributed by atoms with Gasteiger partial charge in [0.2, 0.25) is 0 Å². The Morgan fingerprint density at radius 2 is 1.87 bits per heavy atom. The van der Waals surface area contributed by atoms with Gasteiger partial charge >= 0.3 is 0 Å². The zero-order chi connectivity index (χ0) is 22.2. The molecule has 1 aliphatic heterocycles. The van der Waals surface area contributed by atoms with Gasteiger partial charge in [-0.1, -0.05) is 20.8 Å². The summed E-state index contributed by atoms with van der Waals surface area (Å²) in [6.45, 7) is 7.72. The molecule has 1 aliphatic carbocycles. The van der Waals surface area contributed by atoms with Crippen LogP contribution in [0, 0.1) is 11.3 Å². The van der Waals surface area contributed by atoms with E-state index in [0.717, 1.165) is 25.7 Å². The van der Waals surface area contributed by atoms with Crippen molar-refractivity contribution in [3.8, 4) is 11.5 Å². The van der Waals surface area contributed by atoms with Gasteiger partial charge < -0.3 is 9.47 Å². The van der Waals surface area contributed by atoms with E-state index in [9.17, 15) is 13.2 Å². The maximum Gasteiger partial charge on any atom is 0.276 e. The molecule has 1 amide bonds. The lowest BCUT2D eigenvalue weighted by Crippen LogP contribution is -2.41. The van der Waals surface area contributed by atoms with Crippen molar-refractivity contribution in [3.05, 3.63) is 39.6 Å². The Morgan fingerprint density at radius 3 is 2.61 bits per heavy atom. The van der Waals surface area contributed by atoms with Gasteiger partial charge in [-0.2, -0.15) is 0 Å². The minimum Gasteiger partial charge on any atom is -0.490 e. The SMILES string of the molecule is CC(C)(C)C1CCc2sc(C(=O)NNS(=O)(=O)c3ccc4c(c3)OCCCO4)cc2C1. The Morgan fingerprint density at radius 1 is 1.13 bits per heavy atom. The third-order valence-corrected chi connectivity index (χ3v) is 8.34. The number of rotatable bonds is 4. The van der Waals surface area contributed by atoms with Gasteiger partial charge in [0, 0.05) is 17.4 Å². The van der Waals surface area contributed by atoms with E-state index in [0.29, 0.717) is 35.5 Å². The summed E-state index contributed by atoms with van der Waals surface area (Å²) in [6.07, 6.45) is 3.74. The summed E-state index contributed by atoms with van der Waals surface area (Å²) in [5.74, 6) is 1.01. The molecule has 0 radical (unpaired) electrons. The van der Waals surface area contributed by atoms with Crippen LogP contribution in [0.2, 0.25) is 0 Å². The average Bonchev–Trinajstić information content (AvgIpc) is 3.01. The number of aryl methyl sites for hydroxylation is 1. The van der Waals surface area contributed by atoms with Crippen LogP contribution in [-0.2, 0) is 22.9 Å². The van der Waals surface area contributed by atoms with E-state index >= 15 is 0 Å². The highest BCUT2D eigenvalue weighted by Crippen LogP contribution is 2.40. The number of carbonyl (C=O) groups is 1. The maximum absolute atomic E-state index is 12.7. The Hall–Kier alpha value is -2.10. The van der Waals surface area contributed by atoms with Crippen molar-refractivity contribution < 1.29 is 22.7 Å². The van der Waals surface area contributed by atoms with Crippen molar-refractivity contribution in [2.24, 2.45) is 11.3 Å². The fraction of sp³-hybridized carbons (Fsp3) is 0.500. The monoisotopic (exact) mass is 464 g/mol. The first-order chi connectivity index (χ1) is 14.6. The minimum absolute atomic E-state index is 0.00413. The molecule has 0 saturated carbocycles. The lowest BCUT2D eigenvalue weighted by atomic mass is 9.72. The number of benzene rings is 1. The summed E-state index contributed by atoms with van der Waals surface area (Å²) in [7, 11) is -3.95. The van der Waals surface area contributed by atoms with Gasteiger partial charge in [0.15, 0.2) is 11.5 Å². The van der Waals surface area contributed by atoms with Crippen molar-refractivity contribution in [2.75, 3.05) is 13.2 Å². The highest BCUT2D eigenvalue weighted by Gasteiger charge is 2.30. The second kappa shape index (κ2) is 8.44. The summed E-state index contributed by atoms with van der Waals surface area (Å²) in [6, 6.07) is 6.30. The van der Waals surface area contributed by atoms with Crippen molar-refractivity contribution in [2.45, 2.75) is 51.3 Å². The molecule has 1 aromatic heterocycles. The molecule has 31 heavy (non-hydrogen) atoms. The normalized spacial score (nSPS) is 18.7. The van der Waals surface area contributed by atoms with E-state index in [4.69, 9.17) is 9.47 Å². The molecule has 2 aliphatic rings. The molecule has 2 aromatic rings. The van der Waals surface area contributed by atoms with Gasteiger partial charge in [-0.15, -0.1) is 16.2 Å². The molecule has 2 N–H and O–H groups in total. The Balaban J connectivity index is 1.43. The lowest BCUT2D eigenvalue weighted by Gasteiger charge is -2.33. The van der Waals surface area contributed by atoms with Crippen LogP contribution in [0.25, 0.3) is 0 Å². The van der Waals surface area contributed by atoms with Gasteiger partial charge in [0.1, 0.15) is 0 Å². The molecule has 0 saturated heterocycles. The van der Waals surface area contributed by atoms with Gasteiger partial charge in [0.25, 0.3) is 15.9 Å². The molecule has 2 heterocycles. The molecule has 0 bridgehead atoms. The van der Waals surface area contributed by atoms with Crippen LogP contribution in [0.1, 0.15) is 53.7 Å². The van der Waals surface area contributed by atoms with Crippen LogP contribution < -0.4 is 19.7 Å². The number of carbonyl (C=O) groups excluding carboxylic acids is 1. The fourth-order valence-corrected chi connectivity index (χ4v) is 5.88. The molecule has 0 spiro atoms. The fourth-order valence-electron chi connectivity index (χ4n) is 3.92. The number of nitrogens with one attached hydrogen (secondary N) is 2. The molecule has 7 nitrogen and oxygen atoms in total. The van der Waals surface area contributed by atoms with E-state index in [1.54, 1.807) is 6.07 Å². The molecule has 1 unspecified atom stereocenters. The zero-order valence-corrected chi connectivity index (χ0v) is 19.6. The number of hydrogen-bond donors (Lipinski definition) is 2. The van der Waals surface area contributed by atoms with Crippen molar-refractivity contribution in [1.29, 1.82) is 0 Å². The molecule has 4 rings (SSSR count). The van der Waals surface area contributed by atoms with Crippen LogP contribution in [0.4, 0.5) is 0 Å². The largest absolute Gasteiger partial charge is 0.490 e. The van der Waals surface area contributed by atoms with Crippen molar-refractivity contribution in [1.82, 2.24) is 10.3 Å². The number of ether oxygens (including phenoxy) is 2. The summed E-state index contributed by atoms with van der Waals surface area (Å²) < 4.78 is 36.4. The smallest absolute Gasteiger partial charge is 0.276 e. The number of fused-ring (bicyclic) bond motifs is 2. The Kier molecular flexibility index (Phi) is 6.02. The van der Waals surface area contributed by atoms with E-state index in [1.807, 2.05) is 6.07 Å². The first-order valence-electron chi connectivity index (χ1n) is 10.5. The predicted molar refractivity (Wildman–Crippen MR) is 119 cm³/mol. The van der Waals surface area contributed by atoms with Crippen LogP contribution in [0.5, 0.6) is 11.5 Å². The van der Waals surface area contributed by atoms with E-state index in [-0.39, 0.29) is 10.3 Å². The van der Waals surface area contributed by atoms with E-state index in [1.165, 1.54) is 33.9 Å². The second-order valence-corrected chi connectivity index (χ2v) is 11.9. The average molecular weight is 465 g/mol. The van der Waals surface area contributed by atoms with Crippen molar-refractivity contribution in [3.63, 3.8) is 0 Å². The zero-order valence-electron chi connectivity index (χ0n) is 18.0. The first-order valence-corrected chi connectivity index (χ1v) is 12.8. The Labute approximate surface area is 187 Å². The van der Waals surface area contributed by atoms with Gasteiger partial charge in [-0.05, 0) is 54.4 Å². The predicted octanol–water partition coefficient (Wildman–Crippen LogP) is 3.68. The van der Waals surface area contributed by atoms with Gasteiger partial charge in [-0.25, -0.2) is 8.42 Å². The van der Waals surface area contributed by atoms with E-state index < -0.39 is 15.9 Å². The number of sulfonamides is 1. The molecular weight excluding hydrogens is 436 g/mol. The van der Waals surface area contributed by atoms with Crippen molar-refractivity contribution >= 4 is 27.3 Å². The highest BCUT2D eigenvalue weighted by molar-refractivity contribution is 7.89. The molecular formula is C22H28N2O5S2. The molecule has 1 atom stereocenters. The highest BCUT2D eigenvalue weighted by atomic mass is 32.2. The topological polar surface area (TPSA) is 93.7 Å². The van der Waals surface area contributed by atoms with Crippen LogP contribution in [-0.4, -0.2) is 27.5 Å². The standard InChI is InChI=1S/C22H28N2O5S2/c1-22(2,3)15-5-8-19-14(11-15)12-20(30-19)21(25)23-24-31(26,27)16-6-7-17-18(13-16)29-10-4-9-28-17/h6-7,12-13,15,24H,4-5,8-11H2,1-3H3,(H,23,25). The number of thiophene rings is 1. The summed E-state index contributed by atoms with van der Waals surface area (Å²) in [4.78, 5) is 16.5. The van der Waals surface area contributed by atoms with E-state index in [2.05, 4.69) is 31.0 Å². The molecule has 1 aromatic carbocycles. The quantitative estimate of drug-likeness (QED) is 0.673. The third kappa shape index (κ3) is 4.88. The van der Waals surface area contributed by atoms with Crippen LogP contribution in [0.15, 0.2) is 29.2 Å². The molecule has 0 fully saturated rings.